The summed E-state index contributed by atoms with van der Waals surface area (Å²) in [6.45, 7) is 0. The third-order valence-corrected chi connectivity index (χ3v) is 3.29. The molecule has 0 saturated carbocycles. The Hall–Kier alpha value is -0.550. The smallest absolute Gasteiger partial charge is 0.315 e. The van der Waals surface area contributed by atoms with Gasteiger partial charge in [-0.2, -0.15) is 0 Å². The monoisotopic (exact) mass is 292 g/mol. The summed E-state index contributed by atoms with van der Waals surface area (Å²) >= 11 is 4.54. The average Bonchev–Trinajstić information content (AvgIpc) is 2.23. The molecule has 1 rings (SSSR count). The number of hydrogen-bond donors (Lipinski definition) is 0. The van der Waals surface area contributed by atoms with Crippen LogP contribution >= 0.6 is 27.7 Å². The predicted octanol–water partition coefficient (Wildman–Crippen LogP) is 2.99. The molecule has 0 aromatic heterocycles. The van der Waals surface area contributed by atoms with Crippen molar-refractivity contribution in [3.8, 4) is 0 Å². The molecule has 15 heavy (non-hydrogen) atoms. The van der Waals surface area contributed by atoms with Crippen LogP contribution in [0.5, 0.6) is 0 Å². The van der Waals surface area contributed by atoms with Gasteiger partial charge in [-0.05, 0) is 33.6 Å². The fourth-order valence-corrected chi connectivity index (χ4v) is 2.17. The van der Waals surface area contributed by atoms with E-state index in [-0.39, 0.29) is 11.8 Å². The summed E-state index contributed by atoms with van der Waals surface area (Å²) < 4.78 is 17.8. The predicted molar refractivity (Wildman–Crippen MR) is 62.3 cm³/mol. The van der Waals surface area contributed by atoms with Gasteiger partial charge >= 0.3 is 5.97 Å². The molecule has 0 radical (unpaired) electrons. The standard InChI is InChI=1S/C10H10BrFO2S/c1-14-10(13)6-15-5-7-2-3-9(12)8(11)4-7/h2-4H,5-6H2,1H3. The summed E-state index contributed by atoms with van der Waals surface area (Å²) in [6.07, 6.45) is 0. The van der Waals surface area contributed by atoms with Crippen LogP contribution in [0.4, 0.5) is 4.39 Å². The van der Waals surface area contributed by atoms with Gasteiger partial charge < -0.3 is 4.74 Å². The van der Waals surface area contributed by atoms with Crippen molar-refractivity contribution in [2.75, 3.05) is 12.9 Å². The van der Waals surface area contributed by atoms with E-state index in [4.69, 9.17) is 0 Å². The molecule has 0 aliphatic heterocycles. The first-order chi connectivity index (χ1) is 7.13. The van der Waals surface area contributed by atoms with Crippen LogP contribution in [0.3, 0.4) is 0 Å². The Balaban J connectivity index is 2.44. The van der Waals surface area contributed by atoms with Crippen LogP contribution in [0.1, 0.15) is 5.56 Å². The van der Waals surface area contributed by atoms with Crippen molar-refractivity contribution >= 4 is 33.7 Å². The number of ether oxygens (including phenoxy) is 1. The molecule has 0 atom stereocenters. The molecule has 0 heterocycles. The molecule has 0 N–H and O–H groups in total. The Morgan fingerprint density at radius 1 is 1.60 bits per heavy atom. The average molecular weight is 293 g/mol. The van der Waals surface area contributed by atoms with Crippen molar-refractivity contribution < 1.29 is 13.9 Å². The van der Waals surface area contributed by atoms with Gasteiger partial charge in [0.2, 0.25) is 0 Å². The van der Waals surface area contributed by atoms with Gasteiger partial charge in [0, 0.05) is 5.75 Å². The number of thioether (sulfide) groups is 1. The van der Waals surface area contributed by atoms with Crippen molar-refractivity contribution in [2.45, 2.75) is 5.75 Å². The molecule has 1 aromatic rings. The van der Waals surface area contributed by atoms with Gasteiger partial charge in [0.25, 0.3) is 0 Å². The van der Waals surface area contributed by atoms with Crippen LogP contribution in [0.2, 0.25) is 0 Å². The zero-order chi connectivity index (χ0) is 11.3. The van der Waals surface area contributed by atoms with E-state index in [2.05, 4.69) is 20.7 Å². The number of halogens is 2. The first-order valence-electron chi connectivity index (χ1n) is 4.22. The Morgan fingerprint density at radius 2 is 2.33 bits per heavy atom. The van der Waals surface area contributed by atoms with E-state index in [0.29, 0.717) is 16.0 Å². The number of benzene rings is 1. The molecule has 0 saturated heterocycles. The van der Waals surface area contributed by atoms with E-state index in [1.54, 1.807) is 12.1 Å². The number of carbonyl (C=O) groups is 1. The van der Waals surface area contributed by atoms with Crippen LogP contribution in [0, 0.1) is 5.82 Å². The van der Waals surface area contributed by atoms with Gasteiger partial charge in [-0.1, -0.05) is 6.07 Å². The van der Waals surface area contributed by atoms with Crippen molar-refractivity contribution in [3.63, 3.8) is 0 Å². The molecule has 0 unspecified atom stereocenters. The van der Waals surface area contributed by atoms with E-state index < -0.39 is 0 Å². The molecular weight excluding hydrogens is 283 g/mol. The van der Waals surface area contributed by atoms with E-state index in [1.165, 1.54) is 24.9 Å². The highest BCUT2D eigenvalue weighted by Gasteiger charge is 2.03. The highest BCUT2D eigenvalue weighted by atomic mass is 79.9. The summed E-state index contributed by atoms with van der Waals surface area (Å²) in [5, 5.41) is 0. The Bertz CT molecular complexity index is 357. The summed E-state index contributed by atoms with van der Waals surface area (Å²) in [4.78, 5) is 10.8. The normalized spacial score (nSPS) is 10.1. The SMILES string of the molecule is COC(=O)CSCc1ccc(F)c(Br)c1. The van der Waals surface area contributed by atoms with E-state index in [9.17, 15) is 9.18 Å². The lowest BCUT2D eigenvalue weighted by molar-refractivity contribution is -0.137. The molecule has 0 aliphatic carbocycles. The molecule has 2 nitrogen and oxygen atoms in total. The van der Waals surface area contributed by atoms with Crippen molar-refractivity contribution in [2.24, 2.45) is 0 Å². The zero-order valence-electron chi connectivity index (χ0n) is 8.13. The molecule has 0 spiro atoms. The van der Waals surface area contributed by atoms with Crippen molar-refractivity contribution in [3.05, 3.63) is 34.1 Å². The third kappa shape index (κ3) is 4.22. The van der Waals surface area contributed by atoms with Gasteiger partial charge in [0.05, 0.1) is 17.3 Å². The lowest BCUT2D eigenvalue weighted by Crippen LogP contribution is -2.03. The van der Waals surface area contributed by atoms with Gasteiger partial charge in [-0.25, -0.2) is 4.39 Å². The quantitative estimate of drug-likeness (QED) is 0.798. The van der Waals surface area contributed by atoms with Gasteiger partial charge in [-0.3, -0.25) is 4.79 Å². The molecule has 0 amide bonds. The number of methoxy groups -OCH3 is 1. The van der Waals surface area contributed by atoms with Crippen LogP contribution in [0.25, 0.3) is 0 Å². The summed E-state index contributed by atoms with van der Waals surface area (Å²) in [6, 6.07) is 4.81. The topological polar surface area (TPSA) is 26.3 Å². The molecule has 1 aromatic carbocycles. The molecule has 0 aliphatic rings. The second-order valence-electron chi connectivity index (χ2n) is 2.82. The zero-order valence-corrected chi connectivity index (χ0v) is 10.5. The van der Waals surface area contributed by atoms with Gasteiger partial charge in [0.1, 0.15) is 5.82 Å². The largest absolute Gasteiger partial charge is 0.468 e. The molecule has 0 bridgehead atoms. The number of carbonyl (C=O) groups excluding carboxylic acids is 1. The lowest BCUT2D eigenvalue weighted by Gasteiger charge is -2.02. The highest BCUT2D eigenvalue weighted by molar-refractivity contribution is 9.10. The summed E-state index contributed by atoms with van der Waals surface area (Å²) in [5.41, 5.74) is 0.970. The number of esters is 1. The maximum atomic E-state index is 12.9. The minimum absolute atomic E-state index is 0.249. The number of hydrogen-bond acceptors (Lipinski definition) is 3. The first kappa shape index (κ1) is 12.5. The minimum atomic E-state index is -0.281. The summed E-state index contributed by atoms with van der Waals surface area (Å²) in [5.74, 6) is 0.442. The van der Waals surface area contributed by atoms with E-state index in [1.807, 2.05) is 0 Å². The third-order valence-electron chi connectivity index (χ3n) is 1.70. The van der Waals surface area contributed by atoms with Crippen molar-refractivity contribution in [1.29, 1.82) is 0 Å². The van der Waals surface area contributed by atoms with Gasteiger partial charge in [-0.15, -0.1) is 11.8 Å². The van der Waals surface area contributed by atoms with Crippen LogP contribution in [-0.4, -0.2) is 18.8 Å². The Morgan fingerprint density at radius 3 is 2.93 bits per heavy atom. The second-order valence-corrected chi connectivity index (χ2v) is 4.66. The lowest BCUT2D eigenvalue weighted by atomic mass is 10.2. The highest BCUT2D eigenvalue weighted by Crippen LogP contribution is 2.20. The summed E-state index contributed by atoms with van der Waals surface area (Å²) in [7, 11) is 1.36. The second kappa shape index (κ2) is 6.12. The fourth-order valence-electron chi connectivity index (χ4n) is 0.941. The minimum Gasteiger partial charge on any atom is -0.468 e. The van der Waals surface area contributed by atoms with Crippen LogP contribution in [0.15, 0.2) is 22.7 Å². The Labute approximate surface area is 100 Å². The molecular formula is C10H10BrFO2S. The van der Waals surface area contributed by atoms with E-state index in [0.717, 1.165) is 5.56 Å². The molecule has 82 valence electrons. The molecule has 5 heteroatoms. The number of rotatable bonds is 4. The fraction of sp³-hybridized carbons (Fsp3) is 0.300. The van der Waals surface area contributed by atoms with Gasteiger partial charge in [0.15, 0.2) is 0 Å². The maximum absolute atomic E-state index is 12.9. The van der Waals surface area contributed by atoms with Crippen LogP contribution in [-0.2, 0) is 15.3 Å². The molecule has 0 fully saturated rings. The van der Waals surface area contributed by atoms with Crippen LogP contribution < -0.4 is 0 Å². The Kier molecular flexibility index (Phi) is 5.11. The van der Waals surface area contributed by atoms with Crippen molar-refractivity contribution in [1.82, 2.24) is 0 Å². The first-order valence-corrected chi connectivity index (χ1v) is 6.16. The maximum Gasteiger partial charge on any atom is 0.315 e. The van der Waals surface area contributed by atoms with E-state index >= 15 is 0 Å².